The molecule has 0 aromatic carbocycles. The lowest BCUT2D eigenvalue weighted by Crippen LogP contribution is -2.03. The van der Waals surface area contributed by atoms with Crippen LogP contribution in [-0.4, -0.2) is 21.1 Å². The van der Waals surface area contributed by atoms with Crippen molar-refractivity contribution in [3.63, 3.8) is 0 Å². The van der Waals surface area contributed by atoms with Crippen molar-refractivity contribution in [3.05, 3.63) is 34.3 Å². The maximum absolute atomic E-state index is 4.42. The molecule has 88 valence electrons. The molecule has 0 atom stereocenters. The molecule has 0 bridgehead atoms. The Morgan fingerprint density at radius 3 is 3.18 bits per heavy atom. The lowest BCUT2D eigenvalue weighted by atomic mass is 10.3. The third-order valence-electron chi connectivity index (χ3n) is 2.39. The van der Waals surface area contributed by atoms with E-state index in [0.717, 1.165) is 28.8 Å². The molecular formula is C11H12N4S2. The fraction of sp³-hybridized carbons (Fsp3) is 0.273. The van der Waals surface area contributed by atoms with Crippen LogP contribution in [0.5, 0.6) is 0 Å². The number of nitrogens with zero attached hydrogens (tertiary/aromatic N) is 3. The van der Waals surface area contributed by atoms with E-state index in [1.54, 1.807) is 22.7 Å². The van der Waals surface area contributed by atoms with E-state index in [0.29, 0.717) is 0 Å². The summed E-state index contributed by atoms with van der Waals surface area (Å²) in [6, 6.07) is 4.24. The summed E-state index contributed by atoms with van der Waals surface area (Å²) in [6.45, 7) is 2.89. The Hall–Kier alpha value is -1.40. The summed E-state index contributed by atoms with van der Waals surface area (Å²) in [5.41, 5.74) is 1.01. The first kappa shape index (κ1) is 10.7. The van der Waals surface area contributed by atoms with Gasteiger partial charge in [-0.1, -0.05) is 17.4 Å². The molecule has 3 heterocycles. The number of imidazole rings is 1. The minimum atomic E-state index is 0.913. The van der Waals surface area contributed by atoms with Gasteiger partial charge in [-0.15, -0.1) is 16.4 Å². The molecule has 0 aliphatic rings. The molecule has 0 unspecified atom stereocenters. The molecule has 0 aliphatic carbocycles. The molecule has 0 amide bonds. The normalized spacial score (nSPS) is 11.1. The van der Waals surface area contributed by atoms with Crippen LogP contribution in [0.25, 0.3) is 4.96 Å². The van der Waals surface area contributed by atoms with Crippen LogP contribution in [0.3, 0.4) is 0 Å². The van der Waals surface area contributed by atoms with Crippen molar-refractivity contribution in [1.29, 1.82) is 0 Å². The van der Waals surface area contributed by atoms with Gasteiger partial charge in [-0.05, 0) is 24.8 Å². The van der Waals surface area contributed by atoms with Crippen molar-refractivity contribution in [2.24, 2.45) is 0 Å². The highest BCUT2D eigenvalue weighted by molar-refractivity contribution is 7.20. The van der Waals surface area contributed by atoms with Gasteiger partial charge in [0.25, 0.3) is 0 Å². The SMILES string of the molecule is Cc1cn2nc(NCCc3cccs3)sc2n1. The number of hydrogen-bond donors (Lipinski definition) is 1. The smallest absolute Gasteiger partial charge is 0.214 e. The molecular weight excluding hydrogens is 252 g/mol. The summed E-state index contributed by atoms with van der Waals surface area (Å²) >= 11 is 3.38. The highest BCUT2D eigenvalue weighted by Crippen LogP contribution is 2.19. The summed E-state index contributed by atoms with van der Waals surface area (Å²) in [4.78, 5) is 6.72. The molecule has 3 aromatic rings. The molecule has 0 saturated heterocycles. The number of rotatable bonds is 4. The van der Waals surface area contributed by atoms with E-state index in [9.17, 15) is 0 Å². The fourth-order valence-corrected chi connectivity index (χ4v) is 3.19. The topological polar surface area (TPSA) is 42.2 Å². The Morgan fingerprint density at radius 2 is 2.41 bits per heavy atom. The van der Waals surface area contributed by atoms with Crippen LogP contribution < -0.4 is 5.32 Å². The standard InChI is InChI=1S/C11H12N4S2/c1-8-7-15-11(13-8)17-10(14-15)12-5-4-9-3-2-6-16-9/h2-3,6-7H,4-5H2,1H3,(H,12,14). The van der Waals surface area contributed by atoms with E-state index in [1.807, 2.05) is 17.6 Å². The lowest BCUT2D eigenvalue weighted by molar-refractivity contribution is 0.950. The van der Waals surface area contributed by atoms with Gasteiger partial charge in [0.15, 0.2) is 0 Å². The predicted octanol–water partition coefficient (Wildman–Crippen LogP) is 2.82. The van der Waals surface area contributed by atoms with Crippen LogP contribution in [-0.2, 0) is 6.42 Å². The van der Waals surface area contributed by atoms with Gasteiger partial charge in [-0.2, -0.15) is 0 Å². The molecule has 0 radical (unpaired) electrons. The highest BCUT2D eigenvalue weighted by atomic mass is 32.1. The molecule has 3 rings (SSSR count). The van der Waals surface area contributed by atoms with E-state index >= 15 is 0 Å². The zero-order valence-electron chi connectivity index (χ0n) is 9.38. The Labute approximate surface area is 107 Å². The first-order valence-electron chi connectivity index (χ1n) is 5.40. The van der Waals surface area contributed by atoms with E-state index < -0.39 is 0 Å². The largest absolute Gasteiger partial charge is 0.360 e. The second-order valence-corrected chi connectivity index (χ2v) is 5.76. The number of aryl methyl sites for hydroxylation is 1. The van der Waals surface area contributed by atoms with Crippen LogP contribution in [0, 0.1) is 6.92 Å². The van der Waals surface area contributed by atoms with Crippen LogP contribution in [0.4, 0.5) is 5.13 Å². The first-order valence-corrected chi connectivity index (χ1v) is 7.10. The molecule has 3 aromatic heterocycles. The van der Waals surface area contributed by atoms with Gasteiger partial charge >= 0.3 is 0 Å². The maximum atomic E-state index is 4.42. The zero-order chi connectivity index (χ0) is 11.7. The molecule has 0 spiro atoms. The molecule has 1 N–H and O–H groups in total. The Balaban J connectivity index is 1.63. The number of nitrogens with one attached hydrogen (secondary N) is 1. The van der Waals surface area contributed by atoms with Gasteiger partial charge in [0.05, 0.1) is 11.9 Å². The van der Waals surface area contributed by atoms with Gasteiger partial charge in [0.2, 0.25) is 10.1 Å². The van der Waals surface area contributed by atoms with Gasteiger partial charge in [-0.3, -0.25) is 0 Å². The quantitative estimate of drug-likeness (QED) is 0.788. The third-order valence-corrected chi connectivity index (χ3v) is 4.21. The number of anilines is 1. The predicted molar refractivity (Wildman–Crippen MR) is 72.1 cm³/mol. The highest BCUT2D eigenvalue weighted by Gasteiger charge is 2.05. The molecule has 6 heteroatoms. The minimum Gasteiger partial charge on any atom is -0.360 e. The average molecular weight is 264 g/mol. The molecule has 4 nitrogen and oxygen atoms in total. The Kier molecular flexibility index (Phi) is 2.82. The summed E-state index contributed by atoms with van der Waals surface area (Å²) in [5.74, 6) is 0. The van der Waals surface area contributed by atoms with E-state index in [2.05, 4.69) is 32.9 Å². The van der Waals surface area contributed by atoms with Crippen LogP contribution >= 0.6 is 22.7 Å². The zero-order valence-corrected chi connectivity index (χ0v) is 11.0. The molecule has 0 fully saturated rings. The summed E-state index contributed by atoms with van der Waals surface area (Å²) in [7, 11) is 0. The summed E-state index contributed by atoms with van der Waals surface area (Å²) in [5, 5.41) is 10.8. The number of thiophene rings is 1. The Morgan fingerprint density at radius 1 is 1.47 bits per heavy atom. The second kappa shape index (κ2) is 4.46. The van der Waals surface area contributed by atoms with Crippen molar-refractivity contribution in [2.75, 3.05) is 11.9 Å². The molecule has 17 heavy (non-hydrogen) atoms. The second-order valence-electron chi connectivity index (χ2n) is 3.77. The van der Waals surface area contributed by atoms with E-state index in [4.69, 9.17) is 0 Å². The summed E-state index contributed by atoms with van der Waals surface area (Å²) < 4.78 is 1.83. The maximum Gasteiger partial charge on any atom is 0.214 e. The lowest BCUT2D eigenvalue weighted by Gasteiger charge is -1.99. The van der Waals surface area contributed by atoms with E-state index in [-0.39, 0.29) is 0 Å². The van der Waals surface area contributed by atoms with Crippen LogP contribution in [0.1, 0.15) is 10.6 Å². The summed E-state index contributed by atoms with van der Waals surface area (Å²) in [6.07, 6.45) is 2.98. The van der Waals surface area contributed by atoms with Gasteiger partial charge in [0.1, 0.15) is 0 Å². The van der Waals surface area contributed by atoms with Crippen molar-refractivity contribution < 1.29 is 0 Å². The van der Waals surface area contributed by atoms with Gasteiger partial charge < -0.3 is 5.32 Å². The van der Waals surface area contributed by atoms with Gasteiger partial charge in [0, 0.05) is 11.4 Å². The molecule has 0 aliphatic heterocycles. The van der Waals surface area contributed by atoms with Crippen molar-refractivity contribution in [3.8, 4) is 0 Å². The van der Waals surface area contributed by atoms with Crippen LogP contribution in [0.15, 0.2) is 23.7 Å². The monoisotopic (exact) mass is 264 g/mol. The van der Waals surface area contributed by atoms with Gasteiger partial charge in [-0.25, -0.2) is 9.50 Å². The van der Waals surface area contributed by atoms with Crippen LogP contribution in [0.2, 0.25) is 0 Å². The third kappa shape index (κ3) is 2.32. The number of aromatic nitrogens is 3. The van der Waals surface area contributed by atoms with E-state index in [1.165, 1.54) is 4.88 Å². The Bertz CT molecular complexity index is 577. The van der Waals surface area contributed by atoms with Crippen molar-refractivity contribution in [1.82, 2.24) is 14.6 Å². The average Bonchev–Trinajstić information content (AvgIpc) is 2.94. The first-order chi connectivity index (χ1) is 8.31. The van der Waals surface area contributed by atoms with Crippen molar-refractivity contribution in [2.45, 2.75) is 13.3 Å². The number of fused-ring (bicyclic) bond motifs is 1. The minimum absolute atomic E-state index is 0.913. The number of hydrogen-bond acceptors (Lipinski definition) is 5. The van der Waals surface area contributed by atoms with Crippen molar-refractivity contribution >= 4 is 32.8 Å². The fourth-order valence-electron chi connectivity index (χ4n) is 1.63. The molecule has 0 saturated carbocycles.